The van der Waals surface area contributed by atoms with Gasteiger partial charge < -0.3 is 9.80 Å². The molecule has 2 aliphatic heterocycles. The third-order valence-corrected chi connectivity index (χ3v) is 7.01. The number of hydrogen-bond donors (Lipinski definition) is 0. The number of aromatic nitrogens is 1. The predicted octanol–water partition coefficient (Wildman–Crippen LogP) is 2.78. The minimum atomic E-state index is 0.230. The maximum absolute atomic E-state index is 12.6. The summed E-state index contributed by atoms with van der Waals surface area (Å²) < 4.78 is 1.21. The summed E-state index contributed by atoms with van der Waals surface area (Å²) >= 11 is 1.72. The molecule has 2 fully saturated rings. The number of carbonyl (C=O) groups is 2. The molecule has 7 heteroatoms. The SMILES string of the molecule is O=C(CCCc1nc2ccccc2s1)N1CCN(CC(=O)N2CCCCC2)CC1. The van der Waals surface area contributed by atoms with Crippen LogP contribution in [0, 0.1) is 0 Å². The van der Waals surface area contributed by atoms with Gasteiger partial charge in [-0.25, -0.2) is 4.98 Å². The molecule has 4 rings (SSSR count). The molecule has 0 atom stereocenters. The number of aryl methyl sites for hydroxylation is 1. The summed E-state index contributed by atoms with van der Waals surface area (Å²) in [5, 5.41) is 1.11. The molecule has 2 aromatic rings. The fourth-order valence-corrected chi connectivity index (χ4v) is 5.17. The lowest BCUT2D eigenvalue weighted by Crippen LogP contribution is -2.52. The maximum Gasteiger partial charge on any atom is 0.236 e. The summed E-state index contributed by atoms with van der Waals surface area (Å²) in [6.07, 6.45) is 5.77. The van der Waals surface area contributed by atoms with Crippen LogP contribution in [-0.2, 0) is 16.0 Å². The Morgan fingerprint density at radius 1 is 0.897 bits per heavy atom. The van der Waals surface area contributed by atoms with Gasteiger partial charge in [-0.05, 0) is 44.2 Å². The fraction of sp³-hybridized carbons (Fsp3) is 0.591. The molecule has 2 aliphatic rings. The molecule has 0 bridgehead atoms. The Morgan fingerprint density at radius 3 is 2.38 bits per heavy atom. The highest BCUT2D eigenvalue weighted by Crippen LogP contribution is 2.23. The van der Waals surface area contributed by atoms with Crippen LogP contribution in [0.15, 0.2) is 24.3 Å². The first-order valence-corrected chi connectivity index (χ1v) is 11.6. The van der Waals surface area contributed by atoms with Crippen LogP contribution in [0.3, 0.4) is 0 Å². The van der Waals surface area contributed by atoms with Crippen molar-refractivity contribution in [2.45, 2.75) is 38.5 Å². The fourth-order valence-electron chi connectivity index (χ4n) is 4.17. The van der Waals surface area contributed by atoms with E-state index in [1.807, 2.05) is 28.0 Å². The molecule has 0 saturated carbocycles. The summed E-state index contributed by atoms with van der Waals surface area (Å²) in [5.74, 6) is 0.480. The number of carbonyl (C=O) groups excluding carboxylic acids is 2. The van der Waals surface area contributed by atoms with Crippen molar-refractivity contribution in [3.63, 3.8) is 0 Å². The van der Waals surface area contributed by atoms with Gasteiger partial charge in [-0.1, -0.05) is 12.1 Å². The lowest BCUT2D eigenvalue weighted by molar-refractivity contribution is -0.135. The molecule has 2 amide bonds. The zero-order valence-corrected chi connectivity index (χ0v) is 17.8. The standard InChI is InChI=1S/C22H30N4O2S/c27-21(10-6-9-20-23-18-7-2-3-8-19(18)29-20)26-15-13-24(14-16-26)17-22(28)25-11-4-1-5-12-25/h2-3,7-8H,1,4-6,9-17H2. The molecule has 156 valence electrons. The topological polar surface area (TPSA) is 56.8 Å². The van der Waals surface area contributed by atoms with Crippen LogP contribution in [0.1, 0.15) is 37.1 Å². The van der Waals surface area contributed by atoms with Gasteiger partial charge >= 0.3 is 0 Å². The normalized spacial score (nSPS) is 18.3. The summed E-state index contributed by atoms with van der Waals surface area (Å²) in [5.41, 5.74) is 1.05. The minimum absolute atomic E-state index is 0.230. The van der Waals surface area contributed by atoms with Crippen LogP contribution >= 0.6 is 11.3 Å². The van der Waals surface area contributed by atoms with E-state index in [0.29, 0.717) is 13.0 Å². The number of piperidine rings is 1. The van der Waals surface area contributed by atoms with E-state index in [0.717, 1.165) is 75.5 Å². The van der Waals surface area contributed by atoms with Gasteiger partial charge in [-0.2, -0.15) is 0 Å². The van der Waals surface area contributed by atoms with Crippen molar-refractivity contribution < 1.29 is 9.59 Å². The summed E-state index contributed by atoms with van der Waals surface area (Å²) in [6, 6.07) is 8.18. The molecule has 1 aromatic heterocycles. The van der Waals surface area contributed by atoms with Gasteiger partial charge in [0.2, 0.25) is 11.8 Å². The molecular formula is C22H30N4O2S. The number of fused-ring (bicyclic) bond motifs is 1. The number of likely N-dealkylation sites (tertiary alicyclic amines) is 1. The smallest absolute Gasteiger partial charge is 0.236 e. The number of para-hydroxylation sites is 1. The van der Waals surface area contributed by atoms with Crippen molar-refractivity contribution in [2.75, 3.05) is 45.8 Å². The van der Waals surface area contributed by atoms with Crippen LogP contribution in [0.4, 0.5) is 0 Å². The first kappa shape index (κ1) is 20.3. The number of benzene rings is 1. The molecule has 6 nitrogen and oxygen atoms in total. The number of piperazine rings is 1. The molecule has 0 spiro atoms. The molecule has 2 saturated heterocycles. The zero-order valence-electron chi connectivity index (χ0n) is 17.0. The highest BCUT2D eigenvalue weighted by atomic mass is 32.1. The van der Waals surface area contributed by atoms with E-state index in [2.05, 4.69) is 16.0 Å². The Balaban J connectivity index is 1.16. The molecule has 29 heavy (non-hydrogen) atoms. The molecule has 3 heterocycles. The highest BCUT2D eigenvalue weighted by molar-refractivity contribution is 7.18. The average molecular weight is 415 g/mol. The predicted molar refractivity (Wildman–Crippen MR) is 116 cm³/mol. The van der Waals surface area contributed by atoms with E-state index in [1.165, 1.54) is 11.1 Å². The zero-order chi connectivity index (χ0) is 20.1. The molecular weight excluding hydrogens is 384 g/mol. The number of hydrogen-bond acceptors (Lipinski definition) is 5. The van der Waals surface area contributed by atoms with Gasteiger partial charge in [0.05, 0.1) is 21.8 Å². The first-order chi connectivity index (χ1) is 14.2. The average Bonchev–Trinajstić information content (AvgIpc) is 3.17. The number of nitrogens with zero attached hydrogens (tertiary/aromatic N) is 4. The van der Waals surface area contributed by atoms with Crippen molar-refractivity contribution in [3.8, 4) is 0 Å². The number of thiazole rings is 1. The van der Waals surface area contributed by atoms with E-state index in [-0.39, 0.29) is 11.8 Å². The Hall–Kier alpha value is -1.99. The molecule has 0 radical (unpaired) electrons. The van der Waals surface area contributed by atoms with Gasteiger partial charge in [0, 0.05) is 45.7 Å². The van der Waals surface area contributed by atoms with E-state index in [4.69, 9.17) is 0 Å². The van der Waals surface area contributed by atoms with Crippen molar-refractivity contribution in [2.24, 2.45) is 0 Å². The highest BCUT2D eigenvalue weighted by Gasteiger charge is 2.24. The molecule has 0 aliphatic carbocycles. The Kier molecular flexibility index (Phi) is 6.77. The molecule has 1 aromatic carbocycles. The van der Waals surface area contributed by atoms with Crippen LogP contribution in [0.2, 0.25) is 0 Å². The molecule has 0 N–H and O–H groups in total. The minimum Gasteiger partial charge on any atom is -0.342 e. The van der Waals surface area contributed by atoms with Crippen LogP contribution in [0.25, 0.3) is 10.2 Å². The summed E-state index contributed by atoms with van der Waals surface area (Å²) in [7, 11) is 0. The van der Waals surface area contributed by atoms with E-state index < -0.39 is 0 Å². The summed E-state index contributed by atoms with van der Waals surface area (Å²) in [4.78, 5) is 35.8. The lowest BCUT2D eigenvalue weighted by Gasteiger charge is -2.36. The number of rotatable bonds is 6. The Labute approximate surface area is 176 Å². The van der Waals surface area contributed by atoms with Crippen molar-refractivity contribution in [3.05, 3.63) is 29.3 Å². The monoisotopic (exact) mass is 414 g/mol. The Morgan fingerprint density at radius 2 is 1.62 bits per heavy atom. The van der Waals surface area contributed by atoms with E-state index in [1.54, 1.807) is 11.3 Å². The van der Waals surface area contributed by atoms with Gasteiger partial charge in [-0.3, -0.25) is 14.5 Å². The third kappa shape index (κ3) is 5.34. The van der Waals surface area contributed by atoms with E-state index in [9.17, 15) is 9.59 Å². The van der Waals surface area contributed by atoms with Gasteiger partial charge in [0.15, 0.2) is 0 Å². The first-order valence-electron chi connectivity index (χ1n) is 10.8. The second-order valence-corrected chi connectivity index (χ2v) is 9.14. The van der Waals surface area contributed by atoms with Gasteiger partial charge in [0.25, 0.3) is 0 Å². The molecule has 0 unspecified atom stereocenters. The maximum atomic E-state index is 12.6. The summed E-state index contributed by atoms with van der Waals surface area (Å²) in [6.45, 7) is 5.37. The van der Waals surface area contributed by atoms with Gasteiger partial charge in [-0.15, -0.1) is 11.3 Å². The van der Waals surface area contributed by atoms with Crippen LogP contribution < -0.4 is 0 Å². The second kappa shape index (κ2) is 9.67. The third-order valence-electron chi connectivity index (χ3n) is 5.91. The van der Waals surface area contributed by atoms with Crippen LogP contribution in [0.5, 0.6) is 0 Å². The quantitative estimate of drug-likeness (QED) is 0.729. The van der Waals surface area contributed by atoms with Crippen molar-refractivity contribution in [1.82, 2.24) is 19.7 Å². The Bertz CT molecular complexity index is 805. The lowest BCUT2D eigenvalue weighted by atomic mass is 10.1. The number of amides is 2. The second-order valence-electron chi connectivity index (χ2n) is 8.03. The van der Waals surface area contributed by atoms with Crippen molar-refractivity contribution in [1.29, 1.82) is 0 Å². The van der Waals surface area contributed by atoms with E-state index >= 15 is 0 Å². The van der Waals surface area contributed by atoms with Crippen molar-refractivity contribution >= 4 is 33.4 Å². The largest absolute Gasteiger partial charge is 0.342 e. The van der Waals surface area contributed by atoms with Gasteiger partial charge in [0.1, 0.15) is 0 Å². The van der Waals surface area contributed by atoms with Crippen LogP contribution in [-0.4, -0.2) is 77.3 Å².